The topological polar surface area (TPSA) is 87.8 Å². The van der Waals surface area contributed by atoms with Crippen LogP contribution in [0.5, 0.6) is 0 Å². The van der Waals surface area contributed by atoms with E-state index in [1.807, 2.05) is 10.8 Å². The number of carbonyl (C=O) groups is 2. The number of hydrogen-bond acceptors (Lipinski definition) is 5. The van der Waals surface area contributed by atoms with E-state index in [1.165, 1.54) is 17.0 Å². The second-order valence-electron chi connectivity index (χ2n) is 10.2. The molecule has 1 saturated heterocycles. The number of likely N-dealkylation sites (tertiary alicyclic amines) is 1. The molecule has 1 fully saturated rings. The van der Waals surface area contributed by atoms with Gasteiger partial charge in [-0.1, -0.05) is 0 Å². The van der Waals surface area contributed by atoms with Crippen molar-refractivity contribution in [3.05, 3.63) is 65.6 Å². The van der Waals surface area contributed by atoms with Crippen LogP contribution in [0.25, 0.3) is 28.0 Å². The summed E-state index contributed by atoms with van der Waals surface area (Å²) in [5.41, 5.74) is 3.72. The lowest BCUT2D eigenvalue weighted by molar-refractivity contribution is -0.112. The number of nitrogens with zero attached hydrogens (tertiary/aromatic N) is 6. The highest BCUT2D eigenvalue weighted by molar-refractivity contribution is 6.32. The molecule has 3 aliphatic heterocycles. The van der Waals surface area contributed by atoms with Gasteiger partial charge in [-0.25, -0.2) is 27.9 Å². The van der Waals surface area contributed by atoms with Gasteiger partial charge in [0.1, 0.15) is 5.82 Å². The summed E-state index contributed by atoms with van der Waals surface area (Å²) in [6.07, 6.45) is 6.19. The van der Waals surface area contributed by atoms with Crippen molar-refractivity contribution in [3.8, 4) is 0 Å². The van der Waals surface area contributed by atoms with E-state index >= 15 is 4.39 Å². The van der Waals surface area contributed by atoms with E-state index < -0.39 is 11.7 Å². The number of piperidine rings is 1. The molecule has 12 heteroatoms. The Morgan fingerprint density at radius 3 is 2.69 bits per heavy atom. The van der Waals surface area contributed by atoms with Gasteiger partial charge in [0.2, 0.25) is 5.78 Å². The monoisotopic (exact) mass is 535 g/mol. The molecule has 0 radical (unpaired) electrons. The van der Waals surface area contributed by atoms with Crippen LogP contribution in [0, 0.1) is 5.82 Å². The smallest absolute Gasteiger partial charge is 0.320 e. The lowest BCUT2D eigenvalue weighted by atomic mass is 10.0. The van der Waals surface area contributed by atoms with Crippen LogP contribution >= 0.6 is 0 Å². The number of alkyl halides is 2. The fourth-order valence-electron chi connectivity index (χ4n) is 5.89. The van der Waals surface area contributed by atoms with Crippen LogP contribution in [0.2, 0.25) is 0 Å². The standard InChI is InChI=1S/C27H24F3N7O2/c28-17-10-16-14-36(26(39)34-6-2-27(29,30)3-7-34)9-8-35-15-19(18(11-17)24(16)35)23-22(21(38)13-32-23)20-12-33-25-31-4-1-5-37(20)25/h1,4-5,10-12,15,32H,2-3,6-9,13-14H2. The summed E-state index contributed by atoms with van der Waals surface area (Å²) in [5, 5.41) is 3.83. The number of hydrogen-bond donors (Lipinski definition) is 1. The minimum absolute atomic E-state index is 0.00716. The Morgan fingerprint density at radius 2 is 1.87 bits per heavy atom. The van der Waals surface area contributed by atoms with Crippen LogP contribution in [0.3, 0.4) is 0 Å². The molecule has 9 nitrogen and oxygen atoms in total. The number of nitrogens with one attached hydrogen (secondary N) is 1. The molecule has 1 N–H and O–H groups in total. The SMILES string of the molecule is O=C1CNC(c2cn3c4c(cc(F)cc24)CN(C(=O)N2CCC(F)(F)CC2)CC3)=C1c1cnc2ncccn12. The highest BCUT2D eigenvalue weighted by atomic mass is 19.3. The zero-order chi connectivity index (χ0) is 26.9. The van der Waals surface area contributed by atoms with Crippen LogP contribution in [0.1, 0.15) is 29.7 Å². The summed E-state index contributed by atoms with van der Waals surface area (Å²) in [5.74, 6) is -2.86. The number of ketones is 1. The minimum Gasteiger partial charge on any atom is -0.376 e. The fraction of sp³-hybridized carbons (Fsp3) is 0.333. The molecule has 0 saturated carbocycles. The maximum atomic E-state index is 15.0. The predicted molar refractivity (Wildman–Crippen MR) is 136 cm³/mol. The Morgan fingerprint density at radius 1 is 1.05 bits per heavy atom. The van der Waals surface area contributed by atoms with E-state index in [2.05, 4.69) is 15.3 Å². The van der Waals surface area contributed by atoms with Gasteiger partial charge in [0.05, 0.1) is 35.2 Å². The summed E-state index contributed by atoms with van der Waals surface area (Å²) >= 11 is 0. The number of carbonyl (C=O) groups excluding carboxylic acids is 2. The van der Waals surface area contributed by atoms with Crippen LogP contribution < -0.4 is 5.32 Å². The molecule has 0 atom stereocenters. The molecule has 39 heavy (non-hydrogen) atoms. The third-order valence-corrected chi connectivity index (χ3v) is 7.79. The first-order chi connectivity index (χ1) is 18.8. The van der Waals surface area contributed by atoms with E-state index in [1.54, 1.807) is 34.0 Å². The number of fused-ring (bicyclic) bond motifs is 1. The molecule has 3 aliphatic rings. The Hall–Kier alpha value is -4.35. The molecule has 4 aromatic rings. The number of imidazole rings is 1. The molecule has 2 amide bonds. The number of halogens is 3. The zero-order valence-electron chi connectivity index (χ0n) is 20.8. The number of benzene rings is 1. The van der Waals surface area contributed by atoms with Crippen molar-refractivity contribution < 1.29 is 22.8 Å². The highest BCUT2D eigenvalue weighted by Gasteiger charge is 2.37. The molecule has 6 heterocycles. The average Bonchev–Trinajstić information content (AvgIpc) is 3.57. The van der Waals surface area contributed by atoms with Gasteiger partial charge in [0.25, 0.3) is 5.92 Å². The van der Waals surface area contributed by atoms with Crippen LogP contribution in [0.15, 0.2) is 43.0 Å². The largest absolute Gasteiger partial charge is 0.376 e. The van der Waals surface area contributed by atoms with Crippen molar-refractivity contribution in [3.63, 3.8) is 0 Å². The van der Waals surface area contributed by atoms with Crippen molar-refractivity contribution >= 4 is 39.8 Å². The summed E-state index contributed by atoms with van der Waals surface area (Å²) in [6, 6.07) is 4.30. The molecule has 0 bridgehead atoms. The van der Waals surface area contributed by atoms with Crippen molar-refractivity contribution in [1.82, 2.24) is 34.1 Å². The molecular formula is C27H24F3N7O2. The maximum Gasteiger partial charge on any atom is 0.320 e. The molecule has 0 unspecified atom stereocenters. The lowest BCUT2D eigenvalue weighted by Crippen LogP contribution is -2.49. The number of amides is 2. The number of Topliss-reactive ketones (excluding diaryl/α,β-unsaturated/α-hetero) is 1. The van der Waals surface area contributed by atoms with Gasteiger partial charge < -0.3 is 19.7 Å². The van der Waals surface area contributed by atoms with Crippen LogP contribution in [-0.2, 0) is 17.9 Å². The van der Waals surface area contributed by atoms with Gasteiger partial charge in [0.15, 0.2) is 5.78 Å². The normalized spacial score (nSPS) is 19.2. The predicted octanol–water partition coefficient (Wildman–Crippen LogP) is 3.53. The Balaban J connectivity index is 1.29. The molecule has 7 rings (SSSR count). The first kappa shape index (κ1) is 23.7. The van der Waals surface area contributed by atoms with Gasteiger partial charge in [-0.2, -0.15) is 0 Å². The van der Waals surface area contributed by atoms with Crippen molar-refractivity contribution in [1.29, 1.82) is 0 Å². The van der Waals surface area contributed by atoms with Gasteiger partial charge in [0, 0.05) is 75.1 Å². The summed E-state index contributed by atoms with van der Waals surface area (Å²) < 4.78 is 46.0. The van der Waals surface area contributed by atoms with E-state index in [0.717, 1.165) is 5.52 Å². The first-order valence-corrected chi connectivity index (χ1v) is 12.8. The Kier molecular flexibility index (Phi) is 5.23. The van der Waals surface area contributed by atoms with E-state index in [9.17, 15) is 18.4 Å². The maximum absolute atomic E-state index is 15.0. The summed E-state index contributed by atoms with van der Waals surface area (Å²) in [7, 11) is 0. The van der Waals surface area contributed by atoms with Crippen molar-refractivity contribution in [2.45, 2.75) is 31.9 Å². The Bertz CT molecular complexity index is 1700. The molecule has 1 aromatic carbocycles. The number of rotatable bonds is 2. The Labute approximate surface area is 220 Å². The number of urea groups is 1. The van der Waals surface area contributed by atoms with E-state index in [0.29, 0.717) is 52.3 Å². The fourth-order valence-corrected chi connectivity index (χ4v) is 5.89. The summed E-state index contributed by atoms with van der Waals surface area (Å²) in [4.78, 5) is 37.9. The highest BCUT2D eigenvalue weighted by Crippen LogP contribution is 2.37. The van der Waals surface area contributed by atoms with E-state index in [4.69, 9.17) is 0 Å². The van der Waals surface area contributed by atoms with Gasteiger partial charge in [-0.15, -0.1) is 0 Å². The van der Waals surface area contributed by atoms with Gasteiger partial charge >= 0.3 is 6.03 Å². The minimum atomic E-state index is -2.75. The lowest BCUT2D eigenvalue weighted by Gasteiger charge is -2.35. The van der Waals surface area contributed by atoms with Crippen molar-refractivity contribution in [2.75, 3.05) is 26.2 Å². The van der Waals surface area contributed by atoms with Crippen LogP contribution in [-0.4, -0.2) is 72.7 Å². The molecular weight excluding hydrogens is 511 g/mol. The van der Waals surface area contributed by atoms with Gasteiger partial charge in [-0.3, -0.25) is 9.20 Å². The molecule has 0 aliphatic carbocycles. The first-order valence-electron chi connectivity index (χ1n) is 12.8. The average molecular weight is 536 g/mol. The molecule has 0 spiro atoms. The molecule has 200 valence electrons. The van der Waals surface area contributed by atoms with E-state index in [-0.39, 0.29) is 50.8 Å². The third kappa shape index (κ3) is 3.84. The zero-order valence-corrected chi connectivity index (χ0v) is 20.8. The van der Waals surface area contributed by atoms with Crippen LogP contribution in [0.4, 0.5) is 18.0 Å². The third-order valence-electron chi connectivity index (χ3n) is 7.79. The number of aromatic nitrogens is 4. The molecule has 3 aromatic heterocycles. The van der Waals surface area contributed by atoms with Gasteiger partial charge in [-0.05, 0) is 23.8 Å². The summed E-state index contributed by atoms with van der Waals surface area (Å²) in [6.45, 7) is 1.01. The quantitative estimate of drug-likeness (QED) is 0.425. The second-order valence-corrected chi connectivity index (χ2v) is 10.2. The second kappa shape index (κ2) is 8.58. The van der Waals surface area contributed by atoms with Crippen molar-refractivity contribution in [2.24, 2.45) is 0 Å².